The van der Waals surface area contributed by atoms with Crippen molar-refractivity contribution in [2.75, 3.05) is 12.4 Å². The Morgan fingerprint density at radius 1 is 1.12 bits per heavy atom. The van der Waals surface area contributed by atoms with E-state index in [9.17, 15) is 4.79 Å². The molecular weight excluding hydrogens is 338 g/mol. The SMILES string of the molecule is Cn1c(SCCOc2ccccc2C(=O)O)nnc1-c1ccccc1. The maximum Gasteiger partial charge on any atom is 0.339 e. The van der Waals surface area contributed by atoms with Gasteiger partial charge in [-0.15, -0.1) is 10.2 Å². The Morgan fingerprint density at radius 3 is 2.60 bits per heavy atom. The number of rotatable bonds is 7. The van der Waals surface area contributed by atoms with Gasteiger partial charge in [-0.3, -0.25) is 0 Å². The van der Waals surface area contributed by atoms with E-state index in [0.29, 0.717) is 18.1 Å². The van der Waals surface area contributed by atoms with Gasteiger partial charge in [-0.05, 0) is 12.1 Å². The first kappa shape index (κ1) is 17.0. The lowest BCUT2D eigenvalue weighted by molar-refractivity contribution is 0.0692. The van der Waals surface area contributed by atoms with Crippen LogP contribution in [0, 0.1) is 0 Å². The molecule has 0 radical (unpaired) electrons. The lowest BCUT2D eigenvalue weighted by atomic mass is 10.2. The van der Waals surface area contributed by atoms with Crippen LogP contribution in [0.1, 0.15) is 10.4 Å². The highest BCUT2D eigenvalue weighted by atomic mass is 32.2. The van der Waals surface area contributed by atoms with Crippen LogP contribution in [0.3, 0.4) is 0 Å². The molecule has 3 aromatic rings. The van der Waals surface area contributed by atoms with Crippen molar-refractivity contribution in [2.45, 2.75) is 5.16 Å². The number of carbonyl (C=O) groups is 1. The second kappa shape index (κ2) is 7.85. The topological polar surface area (TPSA) is 77.2 Å². The Kier molecular flexibility index (Phi) is 5.35. The molecule has 0 aliphatic heterocycles. The van der Waals surface area contributed by atoms with E-state index >= 15 is 0 Å². The average Bonchev–Trinajstić information content (AvgIpc) is 3.00. The van der Waals surface area contributed by atoms with Gasteiger partial charge in [0.2, 0.25) is 0 Å². The zero-order valence-corrected chi connectivity index (χ0v) is 14.4. The lowest BCUT2D eigenvalue weighted by Crippen LogP contribution is -2.06. The summed E-state index contributed by atoms with van der Waals surface area (Å²) in [6, 6.07) is 16.5. The fourth-order valence-corrected chi connectivity index (χ4v) is 3.06. The van der Waals surface area contributed by atoms with E-state index in [4.69, 9.17) is 9.84 Å². The predicted molar refractivity (Wildman–Crippen MR) is 96.1 cm³/mol. The van der Waals surface area contributed by atoms with Crippen LogP contribution in [0.5, 0.6) is 5.75 Å². The molecule has 0 unspecified atom stereocenters. The minimum atomic E-state index is -0.996. The zero-order valence-electron chi connectivity index (χ0n) is 13.6. The standard InChI is InChI=1S/C18H17N3O3S/c1-21-16(13-7-3-2-4-8-13)19-20-18(21)25-12-11-24-15-10-6-5-9-14(15)17(22)23/h2-10H,11-12H2,1H3,(H,22,23). The van der Waals surface area contributed by atoms with Gasteiger partial charge in [-0.2, -0.15) is 0 Å². The lowest BCUT2D eigenvalue weighted by Gasteiger charge is -2.08. The highest BCUT2D eigenvalue weighted by molar-refractivity contribution is 7.99. The number of ether oxygens (including phenoxy) is 1. The van der Waals surface area contributed by atoms with Crippen molar-refractivity contribution < 1.29 is 14.6 Å². The van der Waals surface area contributed by atoms with Crippen LogP contribution in [0.15, 0.2) is 59.8 Å². The number of carboxylic acid groups (broad SMARTS) is 1. The first-order valence-electron chi connectivity index (χ1n) is 7.69. The molecule has 6 nitrogen and oxygen atoms in total. The van der Waals surface area contributed by atoms with Crippen LogP contribution in [0.4, 0.5) is 0 Å². The van der Waals surface area contributed by atoms with E-state index in [1.54, 1.807) is 18.2 Å². The van der Waals surface area contributed by atoms with Gasteiger partial charge in [0, 0.05) is 18.4 Å². The maximum atomic E-state index is 11.2. The summed E-state index contributed by atoms with van der Waals surface area (Å²) in [6.45, 7) is 0.377. The molecule has 0 aliphatic carbocycles. The normalized spacial score (nSPS) is 10.6. The molecule has 7 heteroatoms. The third-order valence-corrected chi connectivity index (χ3v) is 4.54. The fourth-order valence-electron chi connectivity index (χ4n) is 2.33. The fraction of sp³-hybridized carbons (Fsp3) is 0.167. The van der Waals surface area contributed by atoms with Gasteiger partial charge in [0.05, 0.1) is 6.61 Å². The van der Waals surface area contributed by atoms with E-state index in [-0.39, 0.29) is 5.56 Å². The Balaban J connectivity index is 1.59. The molecule has 0 fully saturated rings. The largest absolute Gasteiger partial charge is 0.492 e. The van der Waals surface area contributed by atoms with Gasteiger partial charge in [0.1, 0.15) is 11.3 Å². The summed E-state index contributed by atoms with van der Waals surface area (Å²) >= 11 is 1.51. The van der Waals surface area contributed by atoms with Crippen molar-refractivity contribution in [2.24, 2.45) is 7.05 Å². The predicted octanol–water partition coefficient (Wildman–Crippen LogP) is 3.35. The second-order valence-corrected chi connectivity index (χ2v) is 6.29. The molecule has 25 heavy (non-hydrogen) atoms. The number of hydrogen-bond acceptors (Lipinski definition) is 5. The number of para-hydroxylation sites is 1. The Hall–Kier alpha value is -2.80. The van der Waals surface area contributed by atoms with Gasteiger partial charge < -0.3 is 14.4 Å². The molecule has 0 saturated carbocycles. The van der Waals surface area contributed by atoms with Crippen molar-refractivity contribution in [3.63, 3.8) is 0 Å². The van der Waals surface area contributed by atoms with E-state index < -0.39 is 5.97 Å². The molecule has 128 valence electrons. The molecule has 1 heterocycles. The Labute approximate surface area is 149 Å². The number of hydrogen-bond donors (Lipinski definition) is 1. The summed E-state index contributed by atoms with van der Waals surface area (Å²) in [4.78, 5) is 11.2. The Bertz CT molecular complexity index is 865. The highest BCUT2D eigenvalue weighted by Crippen LogP contribution is 2.23. The molecule has 1 N–H and O–H groups in total. The van der Waals surface area contributed by atoms with Gasteiger partial charge in [0.15, 0.2) is 11.0 Å². The first-order valence-corrected chi connectivity index (χ1v) is 8.68. The maximum absolute atomic E-state index is 11.2. The van der Waals surface area contributed by atoms with Crippen LogP contribution in [0.25, 0.3) is 11.4 Å². The third-order valence-electron chi connectivity index (χ3n) is 3.56. The summed E-state index contributed by atoms with van der Waals surface area (Å²) in [5.41, 5.74) is 1.17. The van der Waals surface area contributed by atoms with E-state index in [0.717, 1.165) is 16.5 Å². The summed E-state index contributed by atoms with van der Waals surface area (Å²) < 4.78 is 7.53. The molecule has 1 aromatic heterocycles. The van der Waals surface area contributed by atoms with Crippen molar-refractivity contribution in [1.29, 1.82) is 0 Å². The van der Waals surface area contributed by atoms with E-state index in [2.05, 4.69) is 10.2 Å². The smallest absolute Gasteiger partial charge is 0.339 e. The number of thioether (sulfide) groups is 1. The molecule has 0 saturated heterocycles. The highest BCUT2D eigenvalue weighted by Gasteiger charge is 2.12. The minimum absolute atomic E-state index is 0.164. The van der Waals surface area contributed by atoms with E-state index in [1.807, 2.05) is 41.9 Å². The van der Waals surface area contributed by atoms with Crippen LogP contribution in [0.2, 0.25) is 0 Å². The van der Waals surface area contributed by atoms with Crippen LogP contribution >= 0.6 is 11.8 Å². The zero-order chi connectivity index (χ0) is 17.6. The number of aromatic carboxylic acids is 1. The molecule has 0 spiro atoms. The molecule has 0 bridgehead atoms. The molecular formula is C18H17N3O3S. The van der Waals surface area contributed by atoms with Gasteiger partial charge in [0.25, 0.3) is 0 Å². The number of aromatic nitrogens is 3. The van der Waals surface area contributed by atoms with E-state index in [1.165, 1.54) is 17.8 Å². The van der Waals surface area contributed by atoms with Crippen molar-refractivity contribution >= 4 is 17.7 Å². The monoisotopic (exact) mass is 355 g/mol. The molecule has 0 amide bonds. The number of carboxylic acids is 1. The molecule has 0 aliphatic rings. The number of nitrogens with zero attached hydrogens (tertiary/aromatic N) is 3. The van der Waals surface area contributed by atoms with Gasteiger partial charge in [-0.1, -0.05) is 54.2 Å². The quantitative estimate of drug-likeness (QED) is 0.517. The molecule has 2 aromatic carbocycles. The van der Waals surface area contributed by atoms with Crippen LogP contribution < -0.4 is 4.74 Å². The van der Waals surface area contributed by atoms with Crippen molar-refractivity contribution in [1.82, 2.24) is 14.8 Å². The summed E-state index contributed by atoms with van der Waals surface area (Å²) in [5.74, 6) is 0.817. The summed E-state index contributed by atoms with van der Waals surface area (Å²) in [6.07, 6.45) is 0. The van der Waals surface area contributed by atoms with Crippen molar-refractivity contribution in [3.05, 3.63) is 60.2 Å². The first-order chi connectivity index (χ1) is 12.2. The summed E-state index contributed by atoms with van der Waals surface area (Å²) in [7, 11) is 1.92. The third kappa shape index (κ3) is 4.00. The summed E-state index contributed by atoms with van der Waals surface area (Å²) in [5, 5.41) is 18.4. The minimum Gasteiger partial charge on any atom is -0.492 e. The van der Waals surface area contributed by atoms with Crippen LogP contribution in [-0.4, -0.2) is 38.2 Å². The number of benzene rings is 2. The Morgan fingerprint density at radius 2 is 1.84 bits per heavy atom. The van der Waals surface area contributed by atoms with Crippen molar-refractivity contribution in [3.8, 4) is 17.1 Å². The molecule has 3 rings (SSSR count). The second-order valence-electron chi connectivity index (χ2n) is 5.23. The van der Waals surface area contributed by atoms with Gasteiger partial charge in [-0.25, -0.2) is 4.79 Å². The molecule has 0 atom stereocenters. The van der Waals surface area contributed by atoms with Crippen LogP contribution in [-0.2, 0) is 7.05 Å². The average molecular weight is 355 g/mol. The van der Waals surface area contributed by atoms with Gasteiger partial charge >= 0.3 is 5.97 Å².